The molecule has 1 aromatic carbocycles. The first-order chi connectivity index (χ1) is 16.1. The predicted octanol–water partition coefficient (Wildman–Crippen LogP) is 5.55. The van der Waals surface area contributed by atoms with Crippen LogP contribution in [-0.2, 0) is 11.3 Å². The molecule has 1 aliphatic carbocycles. The molecule has 3 aromatic rings. The molecule has 0 spiro atoms. The first kappa shape index (κ1) is 23.5. The summed E-state index contributed by atoms with van der Waals surface area (Å²) in [5.41, 5.74) is 4.53. The topological polar surface area (TPSA) is 65.4 Å². The summed E-state index contributed by atoms with van der Waals surface area (Å²) in [6, 6.07) is 9.89. The maximum atomic E-state index is 13.1. The summed E-state index contributed by atoms with van der Waals surface area (Å²) in [5, 5.41) is 6.18. The number of ether oxygens (including phenoxy) is 2. The van der Waals surface area contributed by atoms with Gasteiger partial charge < -0.3 is 19.4 Å². The number of methoxy groups -OCH3 is 2. The summed E-state index contributed by atoms with van der Waals surface area (Å²) in [7, 11) is 3.36. The van der Waals surface area contributed by atoms with Crippen LogP contribution < -0.4 is 10.1 Å². The number of amides is 1. The number of thiazole rings is 1. The number of hydrogen-bond acceptors (Lipinski definition) is 5. The van der Waals surface area contributed by atoms with Crippen molar-refractivity contribution in [1.82, 2.24) is 14.9 Å². The highest BCUT2D eigenvalue weighted by Crippen LogP contribution is 2.32. The van der Waals surface area contributed by atoms with E-state index in [2.05, 4.69) is 15.3 Å². The molecule has 0 unspecified atom stereocenters. The number of carbonyl (C=O) groups is 1. The Morgan fingerprint density at radius 2 is 1.94 bits per heavy atom. The second-order valence-corrected chi connectivity index (χ2v) is 9.51. The third-order valence-electron chi connectivity index (χ3n) is 6.51. The molecule has 1 aliphatic rings. The van der Waals surface area contributed by atoms with E-state index in [0.29, 0.717) is 19.1 Å². The Labute approximate surface area is 200 Å². The highest BCUT2D eigenvalue weighted by Gasteiger charge is 2.21. The average molecular weight is 468 g/mol. The molecular weight excluding hydrogens is 434 g/mol. The fourth-order valence-corrected chi connectivity index (χ4v) is 5.36. The van der Waals surface area contributed by atoms with Gasteiger partial charge in [-0.1, -0.05) is 19.3 Å². The van der Waals surface area contributed by atoms with Gasteiger partial charge in [0.05, 0.1) is 30.7 Å². The second-order valence-electron chi connectivity index (χ2n) is 8.65. The quantitative estimate of drug-likeness (QED) is 0.448. The van der Waals surface area contributed by atoms with E-state index in [1.54, 1.807) is 25.6 Å². The summed E-state index contributed by atoms with van der Waals surface area (Å²) in [5.74, 6) is 1.42. The number of nitrogens with one attached hydrogen (secondary N) is 1. The third-order valence-corrected chi connectivity index (χ3v) is 7.40. The lowest BCUT2D eigenvalue weighted by Gasteiger charge is -2.21. The zero-order valence-electron chi connectivity index (χ0n) is 19.7. The lowest BCUT2D eigenvalue weighted by Crippen LogP contribution is -2.30. The third kappa shape index (κ3) is 5.47. The zero-order valence-corrected chi connectivity index (χ0v) is 20.5. The van der Waals surface area contributed by atoms with Gasteiger partial charge in [-0.2, -0.15) is 0 Å². The Morgan fingerprint density at radius 3 is 2.64 bits per heavy atom. The van der Waals surface area contributed by atoms with E-state index in [9.17, 15) is 4.79 Å². The standard InChI is InChI=1S/C26H33N3O3S/c1-18-22(25(30)27-16-19-7-5-4-6-8-19)15-24(29(18)13-14-31-2)23-17-33-26(28-23)20-9-11-21(32-3)12-10-20/h9-12,15,17,19H,4-8,13-14,16H2,1-3H3,(H,27,30). The molecule has 1 N–H and O–H groups in total. The van der Waals surface area contributed by atoms with Crippen molar-refractivity contribution in [1.29, 1.82) is 0 Å². The van der Waals surface area contributed by atoms with Crippen molar-refractivity contribution in [2.45, 2.75) is 45.6 Å². The van der Waals surface area contributed by atoms with Crippen LogP contribution in [0.5, 0.6) is 5.75 Å². The second kappa shape index (κ2) is 11.0. The lowest BCUT2D eigenvalue weighted by molar-refractivity contribution is 0.0942. The molecular formula is C26H33N3O3S. The van der Waals surface area contributed by atoms with E-state index in [1.165, 1.54) is 32.1 Å². The van der Waals surface area contributed by atoms with Gasteiger partial charge in [0.15, 0.2) is 0 Å². The Balaban J connectivity index is 1.57. The number of rotatable bonds is 9. The summed E-state index contributed by atoms with van der Waals surface area (Å²) < 4.78 is 12.7. The van der Waals surface area contributed by atoms with Gasteiger partial charge in [-0.05, 0) is 56.0 Å². The Hall–Kier alpha value is -2.64. The normalized spacial score (nSPS) is 14.4. The number of aromatic nitrogens is 2. The molecule has 2 heterocycles. The van der Waals surface area contributed by atoms with Gasteiger partial charge in [-0.25, -0.2) is 4.98 Å². The van der Waals surface area contributed by atoms with Crippen LogP contribution in [0.15, 0.2) is 35.7 Å². The smallest absolute Gasteiger partial charge is 0.253 e. The SMILES string of the molecule is COCCn1c(-c2csc(-c3ccc(OC)cc3)n2)cc(C(=O)NCC2CCCCC2)c1C. The van der Waals surface area contributed by atoms with Crippen molar-refractivity contribution < 1.29 is 14.3 Å². The summed E-state index contributed by atoms with van der Waals surface area (Å²) in [4.78, 5) is 18.0. The van der Waals surface area contributed by atoms with Gasteiger partial charge in [-0.15, -0.1) is 11.3 Å². The molecule has 0 radical (unpaired) electrons. The zero-order chi connectivity index (χ0) is 23.2. The summed E-state index contributed by atoms with van der Waals surface area (Å²) in [6.07, 6.45) is 6.30. The van der Waals surface area contributed by atoms with Crippen LogP contribution in [0.3, 0.4) is 0 Å². The minimum absolute atomic E-state index is 0.00102. The van der Waals surface area contributed by atoms with Crippen LogP contribution in [0.1, 0.15) is 48.2 Å². The van der Waals surface area contributed by atoms with E-state index < -0.39 is 0 Å². The largest absolute Gasteiger partial charge is 0.497 e. The maximum Gasteiger partial charge on any atom is 0.253 e. The van der Waals surface area contributed by atoms with Crippen molar-refractivity contribution >= 4 is 17.2 Å². The van der Waals surface area contributed by atoms with E-state index in [4.69, 9.17) is 14.5 Å². The van der Waals surface area contributed by atoms with Gasteiger partial charge in [0.25, 0.3) is 5.91 Å². The number of carbonyl (C=O) groups excluding carboxylic acids is 1. The van der Waals surface area contributed by atoms with E-state index in [1.807, 2.05) is 37.3 Å². The average Bonchev–Trinajstić information content (AvgIpc) is 3.47. The maximum absolute atomic E-state index is 13.1. The molecule has 33 heavy (non-hydrogen) atoms. The van der Waals surface area contributed by atoms with E-state index in [-0.39, 0.29) is 5.91 Å². The fourth-order valence-electron chi connectivity index (χ4n) is 4.54. The molecule has 0 saturated heterocycles. The van der Waals surface area contributed by atoms with Crippen LogP contribution in [0.4, 0.5) is 0 Å². The molecule has 1 saturated carbocycles. The molecule has 0 bridgehead atoms. The van der Waals surface area contributed by atoms with Crippen LogP contribution in [-0.4, -0.2) is 42.8 Å². The fraction of sp³-hybridized carbons (Fsp3) is 0.462. The number of nitrogens with zero attached hydrogens (tertiary/aromatic N) is 2. The first-order valence-electron chi connectivity index (χ1n) is 11.7. The van der Waals surface area contributed by atoms with Gasteiger partial charge in [0.2, 0.25) is 0 Å². The monoisotopic (exact) mass is 467 g/mol. The van der Waals surface area contributed by atoms with Crippen molar-refractivity contribution in [2.24, 2.45) is 5.92 Å². The first-order valence-corrected chi connectivity index (χ1v) is 12.6. The van der Waals surface area contributed by atoms with Gasteiger partial charge >= 0.3 is 0 Å². The van der Waals surface area contributed by atoms with Gasteiger partial charge in [-0.3, -0.25) is 4.79 Å². The molecule has 1 amide bonds. The highest BCUT2D eigenvalue weighted by atomic mass is 32.1. The molecule has 0 atom stereocenters. The highest BCUT2D eigenvalue weighted by molar-refractivity contribution is 7.13. The number of benzene rings is 1. The molecule has 176 valence electrons. The van der Waals surface area contributed by atoms with Crippen LogP contribution in [0.2, 0.25) is 0 Å². The van der Waals surface area contributed by atoms with Crippen molar-refractivity contribution in [2.75, 3.05) is 27.4 Å². The lowest BCUT2D eigenvalue weighted by atomic mass is 9.89. The summed E-state index contributed by atoms with van der Waals surface area (Å²) in [6.45, 7) is 4.00. The van der Waals surface area contributed by atoms with Crippen LogP contribution in [0.25, 0.3) is 22.0 Å². The van der Waals surface area contributed by atoms with Crippen LogP contribution >= 0.6 is 11.3 Å². The van der Waals surface area contributed by atoms with Crippen molar-refractivity contribution in [3.63, 3.8) is 0 Å². The molecule has 7 heteroatoms. The Bertz CT molecular complexity index is 1070. The Kier molecular flexibility index (Phi) is 7.83. The predicted molar refractivity (Wildman–Crippen MR) is 133 cm³/mol. The minimum atomic E-state index is 0.00102. The molecule has 4 rings (SSSR count). The van der Waals surface area contributed by atoms with Gasteiger partial charge in [0, 0.05) is 36.8 Å². The van der Waals surface area contributed by atoms with Crippen molar-refractivity contribution in [3.05, 3.63) is 47.0 Å². The van der Waals surface area contributed by atoms with E-state index >= 15 is 0 Å². The molecule has 6 nitrogen and oxygen atoms in total. The molecule has 0 aliphatic heterocycles. The van der Waals surface area contributed by atoms with Crippen molar-refractivity contribution in [3.8, 4) is 27.7 Å². The Morgan fingerprint density at radius 1 is 1.18 bits per heavy atom. The van der Waals surface area contributed by atoms with Crippen LogP contribution in [0, 0.1) is 12.8 Å². The van der Waals surface area contributed by atoms with E-state index in [0.717, 1.165) is 45.5 Å². The molecule has 1 fully saturated rings. The van der Waals surface area contributed by atoms with Gasteiger partial charge in [0.1, 0.15) is 10.8 Å². The summed E-state index contributed by atoms with van der Waals surface area (Å²) >= 11 is 1.60. The molecule has 2 aromatic heterocycles. The number of hydrogen-bond donors (Lipinski definition) is 1. The minimum Gasteiger partial charge on any atom is -0.497 e.